The number of carbonyl (C=O) groups excluding carboxylic acids is 1. The van der Waals surface area contributed by atoms with E-state index < -0.39 is 74.6 Å². The maximum Gasteiger partial charge on any atom is 0.229 e. The molecule has 0 spiro atoms. The molecule has 6 rings (SSSR count). The molecule has 14 heteroatoms. The van der Waals surface area contributed by atoms with Gasteiger partial charge in [-0.3, -0.25) is 4.79 Å². The van der Waals surface area contributed by atoms with Crippen LogP contribution in [0, 0.1) is 0 Å². The van der Waals surface area contributed by atoms with E-state index in [9.17, 15) is 45.6 Å². The molecule has 0 saturated carbocycles. The molecule has 0 unspecified atom stereocenters. The molecule has 0 radical (unpaired) electrons. The number of hydrogen-bond acceptors (Lipinski definition) is 14. The molecule has 10 atom stereocenters. The van der Waals surface area contributed by atoms with Crippen molar-refractivity contribution < 1.29 is 69.3 Å². The average Bonchev–Trinajstić information content (AvgIpc) is 3.07. The first-order valence-corrected chi connectivity index (χ1v) is 14.5. The van der Waals surface area contributed by atoms with Crippen molar-refractivity contribution in [2.75, 3.05) is 20.3 Å². The highest BCUT2D eigenvalue weighted by molar-refractivity contribution is 6.24. The zero-order valence-electron chi connectivity index (χ0n) is 24.4. The van der Waals surface area contributed by atoms with Gasteiger partial charge in [0.05, 0.1) is 20.3 Å². The van der Waals surface area contributed by atoms with Gasteiger partial charge in [0, 0.05) is 16.3 Å². The van der Waals surface area contributed by atoms with Crippen molar-refractivity contribution in [2.24, 2.45) is 0 Å². The number of carbonyl (C=O) groups is 1. The highest BCUT2D eigenvalue weighted by Crippen LogP contribution is 2.47. The number of phenols is 1. The number of rotatable bonds is 8. The minimum absolute atomic E-state index is 0.0517. The molecule has 46 heavy (non-hydrogen) atoms. The van der Waals surface area contributed by atoms with Crippen LogP contribution >= 0.6 is 0 Å². The number of benzene rings is 3. The summed E-state index contributed by atoms with van der Waals surface area (Å²) in [6.07, 6.45) is -15.0. The van der Waals surface area contributed by atoms with Crippen molar-refractivity contribution >= 4 is 22.6 Å². The number of ketones is 1. The van der Waals surface area contributed by atoms with Crippen LogP contribution < -0.4 is 4.74 Å². The first kappa shape index (κ1) is 32.3. The van der Waals surface area contributed by atoms with E-state index in [4.69, 9.17) is 23.7 Å². The first-order chi connectivity index (χ1) is 22.1. The summed E-state index contributed by atoms with van der Waals surface area (Å²) in [6, 6.07) is 13.9. The van der Waals surface area contributed by atoms with Crippen LogP contribution in [0.15, 0.2) is 54.3 Å². The molecule has 14 nitrogen and oxygen atoms in total. The Hall–Kier alpha value is -3.67. The van der Waals surface area contributed by atoms with Gasteiger partial charge in [0.2, 0.25) is 12.1 Å². The topological polar surface area (TPSA) is 225 Å². The predicted molar refractivity (Wildman–Crippen MR) is 157 cm³/mol. The van der Waals surface area contributed by atoms with Crippen LogP contribution in [0.1, 0.15) is 15.9 Å². The summed E-state index contributed by atoms with van der Waals surface area (Å²) in [5.74, 6) is -0.889. The van der Waals surface area contributed by atoms with Gasteiger partial charge in [-0.15, -0.1) is 0 Å². The smallest absolute Gasteiger partial charge is 0.229 e. The molecule has 2 heterocycles. The lowest BCUT2D eigenvalue weighted by atomic mass is 9.86. The molecule has 2 fully saturated rings. The van der Waals surface area contributed by atoms with Crippen molar-refractivity contribution in [3.63, 3.8) is 0 Å². The van der Waals surface area contributed by atoms with Crippen molar-refractivity contribution in [1.29, 1.82) is 0 Å². The molecule has 3 aliphatic rings. The molecular formula is C32H34O14. The van der Waals surface area contributed by atoms with Crippen LogP contribution in [0.3, 0.4) is 0 Å². The van der Waals surface area contributed by atoms with Gasteiger partial charge >= 0.3 is 0 Å². The number of ether oxygens (including phenoxy) is 5. The van der Waals surface area contributed by atoms with Gasteiger partial charge in [0.25, 0.3) is 0 Å². The zero-order valence-corrected chi connectivity index (χ0v) is 24.4. The van der Waals surface area contributed by atoms with Crippen LogP contribution in [0.4, 0.5) is 0 Å². The highest BCUT2D eigenvalue weighted by Gasteiger charge is 2.51. The Morgan fingerprint density at radius 2 is 1.41 bits per heavy atom. The van der Waals surface area contributed by atoms with Gasteiger partial charge in [-0.2, -0.15) is 0 Å². The Morgan fingerprint density at radius 1 is 0.761 bits per heavy atom. The Kier molecular flexibility index (Phi) is 9.02. The Balaban J connectivity index is 1.34. The first-order valence-electron chi connectivity index (χ1n) is 14.5. The monoisotopic (exact) mass is 642 g/mol. The van der Waals surface area contributed by atoms with Gasteiger partial charge < -0.3 is 64.5 Å². The fraction of sp³-hybridized carbons (Fsp3) is 0.406. The fourth-order valence-corrected chi connectivity index (χ4v) is 6.07. The van der Waals surface area contributed by atoms with Crippen molar-refractivity contribution in [2.45, 2.75) is 61.4 Å². The largest absolute Gasteiger partial charge is 0.504 e. The lowest BCUT2D eigenvalue weighted by molar-refractivity contribution is -0.352. The van der Waals surface area contributed by atoms with Crippen LogP contribution in [0.25, 0.3) is 28.0 Å². The van der Waals surface area contributed by atoms with Crippen molar-refractivity contribution in [1.82, 2.24) is 0 Å². The summed E-state index contributed by atoms with van der Waals surface area (Å²) >= 11 is 0. The predicted octanol–water partition coefficient (Wildman–Crippen LogP) is -0.601. The highest BCUT2D eigenvalue weighted by atomic mass is 16.7. The van der Waals surface area contributed by atoms with Gasteiger partial charge in [-0.25, -0.2) is 0 Å². The normalized spacial score (nSPS) is 32.7. The Bertz CT molecular complexity index is 1620. The Morgan fingerprint density at radius 3 is 2.09 bits per heavy atom. The minimum Gasteiger partial charge on any atom is -0.504 e. The summed E-state index contributed by atoms with van der Waals surface area (Å²) < 4.78 is 27.9. The summed E-state index contributed by atoms with van der Waals surface area (Å²) in [5.41, 5.74) is 2.07. The molecule has 0 aromatic heterocycles. The van der Waals surface area contributed by atoms with Crippen molar-refractivity contribution in [3.05, 3.63) is 65.4 Å². The number of aliphatic hydroxyl groups is 7. The molecule has 0 bridgehead atoms. The third-order valence-electron chi connectivity index (χ3n) is 8.51. The number of phenolic OH excluding ortho intramolecular Hbond substituents is 1. The fourth-order valence-electron chi connectivity index (χ4n) is 6.07. The van der Waals surface area contributed by atoms with E-state index in [1.165, 1.54) is 19.3 Å². The SMILES string of the molecule is COC1=Cc2cc(O[C@@H]3O[C@H](CO)[C@@H](O[C@@H]4O[C@H](CO)[C@@H](O)[C@H](O)[C@H]4O)[C@H](O)[C@H]3O)c(O)c3c(-c4ccccc4)ccc(c23)C1=O. The van der Waals surface area contributed by atoms with Gasteiger partial charge in [-0.05, 0) is 34.9 Å². The van der Waals surface area contributed by atoms with E-state index >= 15 is 0 Å². The second kappa shape index (κ2) is 12.8. The lowest BCUT2D eigenvalue weighted by Crippen LogP contribution is -2.65. The molecule has 3 aromatic rings. The van der Waals surface area contributed by atoms with Crippen molar-refractivity contribution in [3.8, 4) is 22.6 Å². The molecule has 2 aliphatic heterocycles. The number of hydrogen-bond donors (Lipinski definition) is 8. The molecule has 8 N–H and O–H groups in total. The summed E-state index contributed by atoms with van der Waals surface area (Å²) in [6.45, 7) is -1.50. The summed E-state index contributed by atoms with van der Waals surface area (Å²) in [5, 5.41) is 84.5. The number of Topliss-reactive ketones (excluding diaryl/α,β-unsaturated/α-hetero) is 1. The van der Waals surface area contributed by atoms with E-state index in [0.717, 1.165) is 5.56 Å². The summed E-state index contributed by atoms with van der Waals surface area (Å²) in [4.78, 5) is 13.1. The molecule has 246 valence electrons. The zero-order chi connectivity index (χ0) is 32.9. The second-order valence-electron chi connectivity index (χ2n) is 11.3. The lowest BCUT2D eigenvalue weighted by Gasteiger charge is -2.45. The van der Waals surface area contributed by atoms with Crippen LogP contribution in [-0.4, -0.2) is 128 Å². The van der Waals surface area contributed by atoms with E-state index in [0.29, 0.717) is 22.1 Å². The Labute approximate surface area is 261 Å². The quantitative estimate of drug-likeness (QED) is 0.154. The van der Waals surface area contributed by atoms with Crippen LogP contribution in [-0.2, 0) is 18.9 Å². The molecular weight excluding hydrogens is 608 g/mol. The third kappa shape index (κ3) is 5.42. The van der Waals surface area contributed by atoms with Crippen LogP contribution in [0.5, 0.6) is 11.5 Å². The van der Waals surface area contributed by atoms with Gasteiger partial charge in [0.15, 0.2) is 23.5 Å². The van der Waals surface area contributed by atoms with E-state index in [-0.39, 0.29) is 28.4 Å². The standard InChI is InChI=1S/C32H34O14/c1-42-17-9-14-10-18(24(36)22-15(13-5-3-2-4-6-13)7-8-16(21(14)22)23(17)35)43-31-29(41)27(39)30(20(12-34)45-31)46-32-28(40)26(38)25(37)19(11-33)44-32/h2-10,19-20,25-34,36-41H,11-12H2,1H3/t19-,20-,25-,26+,27-,28-,29-,30-,31-,32+/m1/s1. The number of aliphatic hydroxyl groups excluding tert-OH is 7. The van der Waals surface area contributed by atoms with E-state index in [2.05, 4.69) is 0 Å². The molecule has 1 aliphatic carbocycles. The second-order valence-corrected chi connectivity index (χ2v) is 11.3. The number of aromatic hydroxyl groups is 1. The molecule has 2 saturated heterocycles. The van der Waals surface area contributed by atoms with Gasteiger partial charge in [-0.1, -0.05) is 36.4 Å². The van der Waals surface area contributed by atoms with Gasteiger partial charge in [0.1, 0.15) is 48.8 Å². The summed E-state index contributed by atoms with van der Waals surface area (Å²) in [7, 11) is 1.35. The maximum absolute atomic E-state index is 13.1. The maximum atomic E-state index is 13.1. The minimum atomic E-state index is -1.85. The molecule has 0 amide bonds. The number of methoxy groups -OCH3 is 1. The van der Waals surface area contributed by atoms with E-state index in [1.807, 2.05) is 30.3 Å². The van der Waals surface area contributed by atoms with Crippen LogP contribution in [0.2, 0.25) is 0 Å². The molecule has 3 aromatic carbocycles. The number of allylic oxidation sites excluding steroid dienone is 1. The van der Waals surface area contributed by atoms with E-state index in [1.54, 1.807) is 12.1 Å². The third-order valence-corrected chi connectivity index (χ3v) is 8.51. The average molecular weight is 643 g/mol.